The van der Waals surface area contributed by atoms with Gasteiger partial charge in [0.25, 0.3) is 0 Å². The Morgan fingerprint density at radius 3 is 2.45 bits per heavy atom. The van der Waals surface area contributed by atoms with E-state index in [9.17, 15) is 0 Å². The van der Waals surface area contributed by atoms with Crippen molar-refractivity contribution in [3.05, 3.63) is 17.7 Å². The molecule has 0 saturated heterocycles. The Balaban J connectivity index is 0.000001000. The summed E-state index contributed by atoms with van der Waals surface area (Å²) in [6.45, 7) is 1.67. The van der Waals surface area contributed by atoms with Crippen molar-refractivity contribution in [3.8, 4) is 11.5 Å². The van der Waals surface area contributed by atoms with E-state index in [1.807, 2.05) is 0 Å². The fourth-order valence-electron chi connectivity index (χ4n) is 0.612. The molecule has 0 aliphatic heterocycles. The summed E-state index contributed by atoms with van der Waals surface area (Å²) < 4.78 is 0. The summed E-state index contributed by atoms with van der Waals surface area (Å²) in [6, 6.07) is 3.95. The minimum absolute atomic E-state index is 0. The van der Waals surface area contributed by atoms with Gasteiger partial charge in [-0.15, -0.1) is 11.6 Å². The van der Waals surface area contributed by atoms with Crippen molar-refractivity contribution < 1.29 is 41.3 Å². The Morgan fingerprint density at radius 1 is 1.45 bits per heavy atom. The summed E-state index contributed by atoms with van der Waals surface area (Å²) in [7, 11) is 0. The minimum Gasteiger partial charge on any atom is -0.562 e. The van der Waals surface area contributed by atoms with Gasteiger partial charge in [-0.2, -0.15) is 6.07 Å². The van der Waals surface area contributed by atoms with Gasteiger partial charge >= 0.3 is 0 Å². The van der Waals surface area contributed by atoms with E-state index in [1.165, 1.54) is 6.07 Å². The van der Waals surface area contributed by atoms with E-state index in [1.54, 1.807) is 6.92 Å². The van der Waals surface area contributed by atoms with Crippen LogP contribution in [0.1, 0.15) is 5.56 Å². The van der Waals surface area contributed by atoms with Crippen LogP contribution in [0, 0.1) is 44.1 Å². The minimum atomic E-state index is -0.227. The van der Waals surface area contributed by atoms with Gasteiger partial charge in [-0.1, -0.05) is 11.8 Å². The van der Waals surface area contributed by atoms with Crippen LogP contribution in [0.5, 0.6) is 11.5 Å². The van der Waals surface area contributed by atoms with Gasteiger partial charge < -0.3 is 10.2 Å². The second-order valence-corrected chi connectivity index (χ2v) is 2.48. The molecule has 4 heteroatoms. The van der Waals surface area contributed by atoms with Gasteiger partial charge in [0, 0.05) is 42.6 Å². The molecule has 0 heterocycles. The predicted molar refractivity (Wildman–Crippen MR) is 40.6 cm³/mol. The summed E-state index contributed by atoms with van der Waals surface area (Å²) >= 11 is 4.01. The largest absolute Gasteiger partial charge is 0.562 e. The predicted octanol–water partition coefficient (Wildman–Crippen LogP) is 1.50. The summed E-state index contributed by atoms with van der Waals surface area (Å²) in [5.74, 6) is -0.372. The molecule has 0 saturated carbocycles. The Morgan fingerprint density at radius 2 is 2.00 bits per heavy atom. The third-order valence-electron chi connectivity index (χ3n) is 1.31. The topological polar surface area (TPSA) is 40.5 Å². The second kappa shape index (κ2) is 4.30. The van der Waals surface area contributed by atoms with E-state index >= 15 is 0 Å². The first-order chi connectivity index (χ1) is 4.63. The molecule has 58 valence electrons. The monoisotopic (exact) mass is 393 g/mol. The molecule has 2 nitrogen and oxygen atoms in total. The molecule has 0 bridgehead atoms. The summed E-state index contributed by atoms with van der Waals surface area (Å²) in [5.41, 5.74) is 0.569. The average Bonchev–Trinajstić information content (AvgIpc) is 1.93. The Labute approximate surface area is 94.4 Å². The molecule has 1 aromatic rings. The molecule has 0 radical (unpaired) electrons. The molecular formula is C7H7O2SU-. The van der Waals surface area contributed by atoms with Crippen LogP contribution in [0.4, 0.5) is 0 Å². The number of hydrogen-bond acceptors (Lipinski definition) is 3. The molecule has 0 aromatic heterocycles. The van der Waals surface area contributed by atoms with Crippen molar-refractivity contribution in [1.29, 1.82) is 0 Å². The number of benzene rings is 1. The van der Waals surface area contributed by atoms with E-state index in [2.05, 4.69) is 18.7 Å². The SMILES string of the molecule is Cc1c(S)c[c-]c(O)c1O.[U]. The summed E-state index contributed by atoms with van der Waals surface area (Å²) in [4.78, 5) is 0.621. The van der Waals surface area contributed by atoms with Gasteiger partial charge in [0.2, 0.25) is 0 Å². The van der Waals surface area contributed by atoms with Crippen LogP contribution >= 0.6 is 12.6 Å². The van der Waals surface area contributed by atoms with E-state index in [4.69, 9.17) is 10.2 Å². The van der Waals surface area contributed by atoms with Crippen molar-refractivity contribution in [2.45, 2.75) is 11.8 Å². The average molecular weight is 393 g/mol. The first-order valence-corrected chi connectivity index (χ1v) is 3.20. The molecule has 1 rings (SSSR count). The number of aromatic hydroxyl groups is 2. The third kappa shape index (κ3) is 2.33. The molecule has 0 aliphatic carbocycles. The fraction of sp³-hybridized carbons (Fsp3) is 0.143. The van der Waals surface area contributed by atoms with Crippen molar-refractivity contribution in [2.75, 3.05) is 0 Å². The van der Waals surface area contributed by atoms with Crippen molar-refractivity contribution >= 4 is 12.6 Å². The number of hydrogen-bond donors (Lipinski definition) is 3. The van der Waals surface area contributed by atoms with Gasteiger partial charge in [0.05, 0.1) is 0 Å². The molecule has 1 aromatic carbocycles. The standard InChI is InChI=1S/C7H7O2S.U/c1-4-6(10)3-2-5(8)7(4)9;/h3,8-10H,1H3;/q-1;. The number of phenols is 2. The van der Waals surface area contributed by atoms with Crippen LogP contribution in [-0.2, 0) is 0 Å². The zero-order chi connectivity index (χ0) is 7.72. The third-order valence-corrected chi connectivity index (χ3v) is 1.77. The van der Waals surface area contributed by atoms with Gasteiger partial charge in [0.1, 0.15) is 0 Å². The molecule has 0 fully saturated rings. The Kier molecular flexibility index (Phi) is 4.38. The molecule has 0 unspecified atom stereocenters. The Hall–Kier alpha value is 0.222. The molecule has 0 aliphatic rings. The smallest absolute Gasteiger partial charge is 0.0478 e. The normalized spacial score (nSPS) is 8.91. The van der Waals surface area contributed by atoms with Crippen LogP contribution < -0.4 is 0 Å². The Bertz CT molecular complexity index is 236. The fourth-order valence-corrected chi connectivity index (χ4v) is 0.783. The van der Waals surface area contributed by atoms with Crippen molar-refractivity contribution in [2.24, 2.45) is 0 Å². The van der Waals surface area contributed by atoms with Gasteiger partial charge in [-0.05, 0) is 0 Å². The molecule has 0 spiro atoms. The molecule has 11 heavy (non-hydrogen) atoms. The molecule has 0 amide bonds. The van der Waals surface area contributed by atoms with Crippen LogP contribution in [0.2, 0.25) is 0 Å². The van der Waals surface area contributed by atoms with Crippen LogP contribution in [0.25, 0.3) is 0 Å². The van der Waals surface area contributed by atoms with Gasteiger partial charge in [-0.3, -0.25) is 0 Å². The molecular weight excluding hydrogens is 386 g/mol. The first-order valence-electron chi connectivity index (χ1n) is 2.75. The van der Waals surface area contributed by atoms with Crippen molar-refractivity contribution in [3.63, 3.8) is 0 Å². The van der Waals surface area contributed by atoms with E-state index in [-0.39, 0.29) is 42.6 Å². The summed E-state index contributed by atoms with van der Waals surface area (Å²) in [5, 5.41) is 17.9. The van der Waals surface area contributed by atoms with Crippen LogP contribution in [0.3, 0.4) is 0 Å². The van der Waals surface area contributed by atoms with E-state index in [0.29, 0.717) is 10.5 Å². The second-order valence-electron chi connectivity index (χ2n) is 2.00. The maximum absolute atomic E-state index is 9.06. The summed E-state index contributed by atoms with van der Waals surface area (Å²) in [6.07, 6.45) is 0. The first kappa shape index (κ1) is 11.2. The zero-order valence-electron chi connectivity index (χ0n) is 5.92. The molecule has 0 atom stereocenters. The molecule has 2 N–H and O–H groups in total. The number of rotatable bonds is 0. The number of phenolic OH excluding ortho intramolecular Hbond substituents is 2. The quantitative estimate of drug-likeness (QED) is 0.355. The van der Waals surface area contributed by atoms with Gasteiger partial charge in [-0.25, -0.2) is 12.6 Å². The van der Waals surface area contributed by atoms with Crippen LogP contribution in [-0.4, -0.2) is 10.2 Å². The maximum atomic E-state index is 9.06. The maximum Gasteiger partial charge on any atom is 0.0478 e. The zero-order valence-corrected chi connectivity index (χ0v) is 11.0. The van der Waals surface area contributed by atoms with E-state index in [0.717, 1.165) is 0 Å². The van der Waals surface area contributed by atoms with Crippen LogP contribution in [0.15, 0.2) is 11.0 Å². The van der Waals surface area contributed by atoms with E-state index < -0.39 is 0 Å². The van der Waals surface area contributed by atoms with Crippen molar-refractivity contribution in [1.82, 2.24) is 0 Å². The number of thiol groups is 1. The van der Waals surface area contributed by atoms with Gasteiger partial charge in [0.15, 0.2) is 0 Å².